The normalized spacial score (nSPS) is 14.6. The maximum Gasteiger partial charge on any atom is 0.283 e. The van der Waals surface area contributed by atoms with E-state index in [-0.39, 0.29) is 5.69 Å². The molecule has 98 valence electrons. The highest BCUT2D eigenvalue weighted by molar-refractivity contribution is 9.10. The lowest BCUT2D eigenvalue weighted by molar-refractivity contribution is -0.385. The molecule has 2 N–H and O–H groups in total. The molecular weight excluding hydrogens is 314 g/mol. The van der Waals surface area contributed by atoms with Crippen molar-refractivity contribution in [3.63, 3.8) is 0 Å². The van der Waals surface area contributed by atoms with E-state index >= 15 is 0 Å². The monoisotopic (exact) mass is 323 g/mol. The summed E-state index contributed by atoms with van der Waals surface area (Å²) in [5.74, 6) is 0.820. The molecule has 0 aliphatic heterocycles. The van der Waals surface area contributed by atoms with E-state index in [1.54, 1.807) is 16.8 Å². The van der Waals surface area contributed by atoms with E-state index < -0.39 is 4.92 Å². The van der Waals surface area contributed by atoms with Crippen LogP contribution in [-0.2, 0) is 0 Å². The zero-order valence-corrected chi connectivity index (χ0v) is 11.4. The first-order valence-corrected chi connectivity index (χ1v) is 6.52. The number of rotatable bonds is 3. The molecule has 0 amide bonds. The topological polar surface area (TPSA) is 99.9 Å². The van der Waals surface area contributed by atoms with Crippen LogP contribution in [0.15, 0.2) is 22.7 Å². The van der Waals surface area contributed by atoms with Crippen LogP contribution in [0.3, 0.4) is 0 Å². The van der Waals surface area contributed by atoms with Crippen LogP contribution in [0.1, 0.15) is 24.5 Å². The van der Waals surface area contributed by atoms with Crippen molar-refractivity contribution < 1.29 is 4.92 Å². The van der Waals surface area contributed by atoms with Crippen molar-refractivity contribution in [1.82, 2.24) is 15.0 Å². The van der Waals surface area contributed by atoms with Crippen LogP contribution < -0.4 is 5.73 Å². The van der Waals surface area contributed by atoms with Crippen LogP contribution in [0.4, 0.5) is 11.5 Å². The van der Waals surface area contributed by atoms with Crippen LogP contribution in [0, 0.1) is 10.1 Å². The maximum atomic E-state index is 10.8. The molecule has 1 aliphatic carbocycles. The predicted molar refractivity (Wildman–Crippen MR) is 72.1 cm³/mol. The molecule has 0 spiro atoms. The van der Waals surface area contributed by atoms with Crippen LogP contribution in [0.5, 0.6) is 0 Å². The van der Waals surface area contributed by atoms with Gasteiger partial charge in [0.2, 0.25) is 0 Å². The fourth-order valence-corrected chi connectivity index (χ4v) is 2.52. The molecule has 1 aliphatic rings. The minimum absolute atomic E-state index is 0.0183. The van der Waals surface area contributed by atoms with E-state index in [0.717, 1.165) is 18.5 Å². The summed E-state index contributed by atoms with van der Waals surface area (Å²) >= 11 is 3.19. The van der Waals surface area contributed by atoms with Gasteiger partial charge in [0.05, 0.1) is 20.8 Å². The van der Waals surface area contributed by atoms with Crippen molar-refractivity contribution in [3.8, 4) is 5.69 Å². The van der Waals surface area contributed by atoms with Gasteiger partial charge in [-0.2, -0.15) is 0 Å². The molecule has 1 fully saturated rings. The average molecular weight is 324 g/mol. The summed E-state index contributed by atoms with van der Waals surface area (Å²) in [6.07, 6.45) is 2.15. The average Bonchev–Trinajstić information content (AvgIpc) is 3.12. The summed E-state index contributed by atoms with van der Waals surface area (Å²) < 4.78 is 2.06. The van der Waals surface area contributed by atoms with Gasteiger partial charge in [0, 0.05) is 12.0 Å². The Labute approximate surface area is 116 Å². The molecule has 3 rings (SSSR count). The highest BCUT2D eigenvalue weighted by atomic mass is 79.9. The first kappa shape index (κ1) is 12.1. The minimum atomic E-state index is -0.439. The van der Waals surface area contributed by atoms with Gasteiger partial charge in [0.25, 0.3) is 5.69 Å². The summed E-state index contributed by atoms with van der Waals surface area (Å²) in [7, 11) is 0. The Kier molecular flexibility index (Phi) is 2.74. The lowest BCUT2D eigenvalue weighted by Crippen LogP contribution is -2.03. The second-order valence-corrected chi connectivity index (χ2v) is 5.29. The zero-order valence-electron chi connectivity index (χ0n) is 9.78. The number of nitrogens with zero attached hydrogens (tertiary/aromatic N) is 4. The molecule has 1 saturated carbocycles. The zero-order chi connectivity index (χ0) is 13.6. The maximum absolute atomic E-state index is 10.8. The lowest BCUT2D eigenvalue weighted by Gasteiger charge is -2.06. The number of benzene rings is 1. The third-order valence-corrected chi connectivity index (χ3v) is 3.70. The molecule has 0 radical (unpaired) electrons. The molecule has 1 heterocycles. The van der Waals surface area contributed by atoms with Crippen molar-refractivity contribution in [1.29, 1.82) is 0 Å². The smallest absolute Gasteiger partial charge is 0.283 e. The molecule has 7 nitrogen and oxygen atoms in total. The number of hydrogen-bond acceptors (Lipinski definition) is 5. The second kappa shape index (κ2) is 4.30. The van der Waals surface area contributed by atoms with Gasteiger partial charge >= 0.3 is 0 Å². The fraction of sp³-hybridized carbons (Fsp3) is 0.273. The van der Waals surface area contributed by atoms with Crippen molar-refractivity contribution in [2.75, 3.05) is 5.73 Å². The third kappa shape index (κ3) is 2.07. The number of aromatic nitrogens is 3. The highest BCUT2D eigenvalue weighted by Crippen LogP contribution is 2.43. The Hall–Kier alpha value is -1.96. The van der Waals surface area contributed by atoms with Crippen molar-refractivity contribution in [3.05, 3.63) is 38.5 Å². The molecule has 1 aromatic carbocycles. The number of anilines is 1. The van der Waals surface area contributed by atoms with Gasteiger partial charge < -0.3 is 5.73 Å². The molecule has 0 saturated heterocycles. The Balaban J connectivity index is 2.07. The minimum Gasteiger partial charge on any atom is -0.381 e. The van der Waals surface area contributed by atoms with Crippen LogP contribution in [-0.4, -0.2) is 19.9 Å². The number of halogens is 1. The molecule has 0 bridgehead atoms. The summed E-state index contributed by atoms with van der Waals surface area (Å²) in [5.41, 5.74) is 7.44. The molecule has 8 heteroatoms. The van der Waals surface area contributed by atoms with E-state index in [0.29, 0.717) is 21.9 Å². The first-order valence-electron chi connectivity index (χ1n) is 5.73. The predicted octanol–water partition coefficient (Wildman–Crippen LogP) is 2.40. The summed E-state index contributed by atoms with van der Waals surface area (Å²) in [6, 6.07) is 4.73. The Morgan fingerprint density at radius 1 is 1.47 bits per heavy atom. The number of nitro groups is 1. The Morgan fingerprint density at radius 3 is 2.79 bits per heavy atom. The largest absolute Gasteiger partial charge is 0.381 e. The molecule has 1 aromatic heterocycles. The summed E-state index contributed by atoms with van der Waals surface area (Å²) in [5, 5.41) is 18.7. The number of hydrogen-bond donors (Lipinski definition) is 1. The van der Waals surface area contributed by atoms with Gasteiger partial charge in [0.15, 0.2) is 5.82 Å². The highest BCUT2D eigenvalue weighted by Gasteiger charge is 2.31. The number of nitrogen functional groups attached to an aromatic ring is 1. The van der Waals surface area contributed by atoms with E-state index in [1.807, 2.05) is 0 Å². The van der Waals surface area contributed by atoms with Crippen molar-refractivity contribution >= 4 is 27.4 Å². The fourth-order valence-electron chi connectivity index (χ4n) is 2.01. The quantitative estimate of drug-likeness (QED) is 0.690. The van der Waals surface area contributed by atoms with Gasteiger partial charge in [0.1, 0.15) is 0 Å². The second-order valence-electron chi connectivity index (χ2n) is 4.44. The SMILES string of the molecule is Nc1nnn(-c2ccc([N+](=O)[O-])c(Br)c2)c1C1CC1. The third-order valence-electron chi connectivity index (χ3n) is 3.07. The van der Waals surface area contributed by atoms with Gasteiger partial charge in [-0.1, -0.05) is 5.21 Å². The van der Waals surface area contributed by atoms with Crippen molar-refractivity contribution in [2.45, 2.75) is 18.8 Å². The van der Waals surface area contributed by atoms with Gasteiger partial charge in [-0.25, -0.2) is 4.68 Å². The van der Waals surface area contributed by atoms with Crippen LogP contribution in [0.25, 0.3) is 5.69 Å². The molecule has 19 heavy (non-hydrogen) atoms. The van der Waals surface area contributed by atoms with Gasteiger partial charge in [-0.15, -0.1) is 5.10 Å². The Morgan fingerprint density at radius 2 is 2.21 bits per heavy atom. The lowest BCUT2D eigenvalue weighted by atomic mass is 10.2. The first-order chi connectivity index (χ1) is 9.08. The van der Waals surface area contributed by atoms with Gasteiger partial charge in [-0.05, 0) is 40.9 Å². The van der Waals surface area contributed by atoms with E-state index in [4.69, 9.17) is 5.73 Å². The molecular formula is C11H10BrN5O2. The number of nitrogens with two attached hydrogens (primary N) is 1. The van der Waals surface area contributed by atoms with E-state index in [9.17, 15) is 10.1 Å². The molecule has 0 atom stereocenters. The summed E-state index contributed by atoms with van der Waals surface area (Å²) in [6.45, 7) is 0. The Bertz CT molecular complexity index is 665. The number of nitro benzene ring substituents is 1. The van der Waals surface area contributed by atoms with Crippen LogP contribution >= 0.6 is 15.9 Å². The van der Waals surface area contributed by atoms with Crippen LogP contribution in [0.2, 0.25) is 0 Å². The van der Waals surface area contributed by atoms with Crippen molar-refractivity contribution in [2.24, 2.45) is 0 Å². The molecule has 2 aromatic rings. The van der Waals surface area contributed by atoms with E-state index in [2.05, 4.69) is 26.2 Å². The molecule has 0 unspecified atom stereocenters. The van der Waals surface area contributed by atoms with Gasteiger partial charge in [-0.3, -0.25) is 10.1 Å². The van der Waals surface area contributed by atoms with E-state index in [1.165, 1.54) is 6.07 Å². The summed E-state index contributed by atoms with van der Waals surface area (Å²) in [4.78, 5) is 10.3. The standard InChI is InChI=1S/C11H10BrN5O2/c12-8-5-7(3-4-9(8)17(18)19)16-10(6-1-2-6)11(13)14-15-16/h3-6H,1-2,13H2.